The van der Waals surface area contributed by atoms with E-state index in [4.69, 9.17) is 0 Å². The van der Waals surface area contributed by atoms with Crippen LogP contribution in [0.1, 0.15) is 37.6 Å². The lowest BCUT2D eigenvalue weighted by Crippen LogP contribution is -2.50. The van der Waals surface area contributed by atoms with Crippen LogP contribution in [0, 0.1) is 0 Å². The number of hydrogen-bond donors (Lipinski definition) is 1. The van der Waals surface area contributed by atoms with Gasteiger partial charge in [-0.3, -0.25) is 9.69 Å². The van der Waals surface area contributed by atoms with Gasteiger partial charge in [-0.1, -0.05) is 6.92 Å². The van der Waals surface area contributed by atoms with Crippen molar-refractivity contribution in [2.24, 2.45) is 0 Å². The van der Waals surface area contributed by atoms with Crippen LogP contribution >= 0.6 is 0 Å². The Morgan fingerprint density at radius 1 is 1.14 bits per heavy atom. The van der Waals surface area contributed by atoms with Gasteiger partial charge in [-0.15, -0.1) is 0 Å². The van der Waals surface area contributed by atoms with E-state index in [0.29, 0.717) is 13.0 Å². The van der Waals surface area contributed by atoms with Crippen LogP contribution in [0.3, 0.4) is 0 Å². The summed E-state index contributed by atoms with van der Waals surface area (Å²) < 4.78 is 0. The maximum Gasteiger partial charge on any atom is 0.162 e. The second-order valence-electron chi connectivity index (χ2n) is 6.40. The molecule has 1 aliphatic rings. The number of ketones is 1. The first-order valence-electron chi connectivity index (χ1n) is 7.72. The van der Waals surface area contributed by atoms with E-state index in [1.165, 1.54) is 5.69 Å². The summed E-state index contributed by atoms with van der Waals surface area (Å²) >= 11 is 0. The lowest BCUT2D eigenvalue weighted by atomic mass is 10.1. The molecule has 1 aromatic carbocycles. The van der Waals surface area contributed by atoms with Gasteiger partial charge in [-0.05, 0) is 38.1 Å². The number of nitrogens with zero attached hydrogens (tertiary/aromatic N) is 2. The predicted molar refractivity (Wildman–Crippen MR) is 86.0 cm³/mol. The third-order valence-electron chi connectivity index (χ3n) is 3.86. The highest BCUT2D eigenvalue weighted by Gasteiger charge is 2.22. The molecule has 0 amide bonds. The zero-order valence-electron chi connectivity index (χ0n) is 13.3. The molecule has 1 saturated heterocycles. The lowest BCUT2D eigenvalue weighted by Gasteiger charge is -2.38. The van der Waals surface area contributed by atoms with Gasteiger partial charge in [0, 0.05) is 50.4 Å². The van der Waals surface area contributed by atoms with Crippen LogP contribution in [0.4, 0.5) is 5.69 Å². The average Bonchev–Trinajstić information content (AvgIpc) is 2.46. The standard InChI is InChI=1S/C17H26N2O2/c1-4-16(20)14-5-7-15(8-6-14)19-11-9-18(10-12-19)13-17(2,3)21/h5-8,21H,4,9-13H2,1-3H3. The van der Waals surface area contributed by atoms with E-state index < -0.39 is 5.60 Å². The largest absolute Gasteiger partial charge is 0.389 e. The molecule has 4 heteroatoms. The second kappa shape index (κ2) is 6.58. The van der Waals surface area contributed by atoms with Gasteiger partial charge in [0.15, 0.2) is 5.78 Å². The number of Topliss-reactive ketones (excluding diaryl/α,β-unsaturated/α-hetero) is 1. The molecule has 0 spiro atoms. The smallest absolute Gasteiger partial charge is 0.162 e. The molecule has 0 atom stereocenters. The number of anilines is 1. The maximum atomic E-state index is 11.6. The summed E-state index contributed by atoms with van der Waals surface area (Å²) in [6.45, 7) is 10.1. The SMILES string of the molecule is CCC(=O)c1ccc(N2CCN(CC(C)(C)O)CC2)cc1. The number of aliphatic hydroxyl groups is 1. The maximum absolute atomic E-state index is 11.6. The monoisotopic (exact) mass is 290 g/mol. The Morgan fingerprint density at radius 2 is 1.71 bits per heavy atom. The van der Waals surface area contributed by atoms with Gasteiger partial charge in [0.2, 0.25) is 0 Å². The van der Waals surface area contributed by atoms with Gasteiger partial charge in [0.1, 0.15) is 0 Å². The molecule has 1 fully saturated rings. The molecule has 0 bridgehead atoms. The Kier molecular flexibility index (Phi) is 5.01. The van der Waals surface area contributed by atoms with Crippen LogP contribution in [0.5, 0.6) is 0 Å². The molecule has 2 rings (SSSR count). The summed E-state index contributed by atoms with van der Waals surface area (Å²) in [4.78, 5) is 16.3. The summed E-state index contributed by atoms with van der Waals surface area (Å²) in [6.07, 6.45) is 0.551. The van der Waals surface area contributed by atoms with E-state index in [0.717, 1.165) is 31.7 Å². The zero-order valence-corrected chi connectivity index (χ0v) is 13.3. The van der Waals surface area contributed by atoms with Crippen LogP contribution < -0.4 is 4.90 Å². The molecule has 1 aliphatic heterocycles. The van der Waals surface area contributed by atoms with E-state index in [1.807, 2.05) is 45.0 Å². The van der Waals surface area contributed by atoms with Crippen molar-refractivity contribution in [2.45, 2.75) is 32.8 Å². The van der Waals surface area contributed by atoms with Crippen molar-refractivity contribution in [3.8, 4) is 0 Å². The van der Waals surface area contributed by atoms with Crippen molar-refractivity contribution >= 4 is 11.5 Å². The fourth-order valence-corrected chi connectivity index (χ4v) is 2.77. The summed E-state index contributed by atoms with van der Waals surface area (Å²) in [7, 11) is 0. The third kappa shape index (κ3) is 4.55. The van der Waals surface area contributed by atoms with E-state index in [9.17, 15) is 9.90 Å². The minimum absolute atomic E-state index is 0.191. The highest BCUT2D eigenvalue weighted by molar-refractivity contribution is 5.96. The Bertz CT molecular complexity index is 469. The van der Waals surface area contributed by atoms with Crippen molar-refractivity contribution in [2.75, 3.05) is 37.6 Å². The first-order chi connectivity index (χ1) is 9.89. The topological polar surface area (TPSA) is 43.8 Å². The molecule has 0 saturated carbocycles. The van der Waals surface area contributed by atoms with Gasteiger partial charge in [0.25, 0.3) is 0 Å². The molecule has 1 aromatic rings. The number of β-amino-alcohol motifs (C(OH)–C–C–N with tert-alkyl or cyclic N) is 1. The van der Waals surface area contributed by atoms with Gasteiger partial charge in [-0.2, -0.15) is 0 Å². The van der Waals surface area contributed by atoms with Crippen molar-refractivity contribution in [3.05, 3.63) is 29.8 Å². The first kappa shape index (κ1) is 16.0. The average molecular weight is 290 g/mol. The fourth-order valence-electron chi connectivity index (χ4n) is 2.77. The first-order valence-corrected chi connectivity index (χ1v) is 7.72. The Balaban J connectivity index is 1.92. The molecule has 0 aromatic heterocycles. The number of hydrogen-bond acceptors (Lipinski definition) is 4. The van der Waals surface area contributed by atoms with Gasteiger partial charge in [0.05, 0.1) is 5.60 Å². The quantitative estimate of drug-likeness (QED) is 0.844. The molecule has 1 heterocycles. The molecule has 0 aliphatic carbocycles. The van der Waals surface area contributed by atoms with E-state index in [2.05, 4.69) is 9.80 Å². The molecule has 4 nitrogen and oxygen atoms in total. The Morgan fingerprint density at radius 3 is 2.19 bits per heavy atom. The number of carbonyl (C=O) groups excluding carboxylic acids is 1. The molecular formula is C17H26N2O2. The van der Waals surface area contributed by atoms with Crippen LogP contribution in [0.15, 0.2) is 24.3 Å². The van der Waals surface area contributed by atoms with Crippen LogP contribution in [0.2, 0.25) is 0 Å². The van der Waals surface area contributed by atoms with Crippen molar-refractivity contribution in [1.82, 2.24) is 4.90 Å². The Hall–Kier alpha value is -1.39. The number of rotatable bonds is 5. The Labute approximate surface area is 127 Å². The summed E-state index contributed by atoms with van der Waals surface area (Å²) in [5, 5.41) is 9.87. The van der Waals surface area contributed by atoms with Crippen LogP contribution in [0.25, 0.3) is 0 Å². The third-order valence-corrected chi connectivity index (χ3v) is 3.86. The van der Waals surface area contributed by atoms with Crippen LogP contribution in [-0.2, 0) is 0 Å². The lowest BCUT2D eigenvalue weighted by molar-refractivity contribution is 0.0345. The highest BCUT2D eigenvalue weighted by Crippen LogP contribution is 2.19. The summed E-state index contributed by atoms with van der Waals surface area (Å²) in [5.74, 6) is 0.191. The molecule has 1 N–H and O–H groups in total. The minimum Gasteiger partial charge on any atom is -0.389 e. The molecule has 0 radical (unpaired) electrons. The van der Waals surface area contributed by atoms with Crippen molar-refractivity contribution < 1.29 is 9.90 Å². The number of benzene rings is 1. The highest BCUT2D eigenvalue weighted by atomic mass is 16.3. The number of piperazine rings is 1. The van der Waals surface area contributed by atoms with Crippen molar-refractivity contribution in [1.29, 1.82) is 0 Å². The zero-order chi connectivity index (χ0) is 15.5. The number of carbonyl (C=O) groups is 1. The van der Waals surface area contributed by atoms with E-state index in [1.54, 1.807) is 0 Å². The predicted octanol–water partition coefficient (Wildman–Crippen LogP) is 2.17. The summed E-state index contributed by atoms with van der Waals surface area (Å²) in [6, 6.07) is 7.91. The molecule has 116 valence electrons. The molecule has 0 unspecified atom stereocenters. The van der Waals surface area contributed by atoms with Gasteiger partial charge < -0.3 is 10.0 Å². The van der Waals surface area contributed by atoms with E-state index >= 15 is 0 Å². The second-order valence-corrected chi connectivity index (χ2v) is 6.40. The summed E-state index contributed by atoms with van der Waals surface area (Å²) in [5.41, 5.74) is 1.33. The van der Waals surface area contributed by atoms with E-state index in [-0.39, 0.29) is 5.78 Å². The molecular weight excluding hydrogens is 264 g/mol. The van der Waals surface area contributed by atoms with Crippen molar-refractivity contribution in [3.63, 3.8) is 0 Å². The van der Waals surface area contributed by atoms with Crippen LogP contribution in [-0.4, -0.2) is 54.1 Å². The molecule has 21 heavy (non-hydrogen) atoms. The minimum atomic E-state index is -0.635. The van der Waals surface area contributed by atoms with Gasteiger partial charge >= 0.3 is 0 Å². The fraction of sp³-hybridized carbons (Fsp3) is 0.588. The van der Waals surface area contributed by atoms with Gasteiger partial charge in [-0.25, -0.2) is 0 Å². The normalized spacial score (nSPS) is 17.0.